The van der Waals surface area contributed by atoms with Crippen molar-refractivity contribution in [1.29, 1.82) is 0 Å². The van der Waals surface area contributed by atoms with Crippen molar-refractivity contribution in [2.45, 2.75) is 6.18 Å². The molecule has 3 rings (SSSR count). The fourth-order valence-corrected chi connectivity index (χ4v) is 2.80. The molecular weight excluding hydrogens is 420 g/mol. The Morgan fingerprint density at radius 1 is 1.18 bits per heavy atom. The summed E-state index contributed by atoms with van der Waals surface area (Å²) in [5.74, 6) is -0.613. The summed E-state index contributed by atoms with van der Waals surface area (Å²) >= 11 is 11.9. The summed E-state index contributed by atoms with van der Waals surface area (Å²) in [4.78, 5) is 16.0. The van der Waals surface area contributed by atoms with Crippen LogP contribution in [0.5, 0.6) is 5.75 Å². The second-order valence-corrected chi connectivity index (χ2v) is 6.27. The first-order valence-corrected chi connectivity index (χ1v) is 8.44. The molecule has 28 heavy (non-hydrogen) atoms. The van der Waals surface area contributed by atoms with Gasteiger partial charge in [-0.05, 0) is 30.3 Å². The molecule has 0 bridgehead atoms. The minimum atomic E-state index is -4.58. The molecule has 1 heterocycles. The number of nitrogens with zero attached hydrogens (tertiary/aromatic N) is 3. The van der Waals surface area contributed by atoms with E-state index in [0.717, 1.165) is 12.1 Å². The fraction of sp³-hybridized carbons (Fsp3) is 0.118. The third kappa shape index (κ3) is 4.55. The van der Waals surface area contributed by atoms with Crippen molar-refractivity contribution in [3.63, 3.8) is 0 Å². The third-order valence-electron chi connectivity index (χ3n) is 3.53. The lowest BCUT2D eigenvalue weighted by Gasteiger charge is -2.15. The van der Waals surface area contributed by atoms with Crippen LogP contribution in [0.4, 0.5) is 18.9 Å². The lowest BCUT2D eigenvalue weighted by Crippen LogP contribution is -2.22. The third-order valence-corrected chi connectivity index (χ3v) is 4.13. The number of amides is 1. The van der Waals surface area contributed by atoms with Gasteiger partial charge in [-0.25, -0.2) is 9.67 Å². The molecule has 0 spiro atoms. The number of para-hydroxylation sites is 1. The van der Waals surface area contributed by atoms with Crippen molar-refractivity contribution in [3.05, 3.63) is 64.7 Å². The lowest BCUT2D eigenvalue weighted by atomic mass is 10.1. The number of anilines is 1. The molecule has 1 aromatic heterocycles. The number of hydrogen-bond donors (Lipinski definition) is 1. The van der Waals surface area contributed by atoms with E-state index in [1.54, 1.807) is 6.07 Å². The molecule has 0 unspecified atom stereocenters. The minimum absolute atomic E-state index is 0.0986. The molecule has 0 aliphatic rings. The van der Waals surface area contributed by atoms with E-state index in [9.17, 15) is 18.0 Å². The van der Waals surface area contributed by atoms with E-state index in [1.807, 2.05) is 0 Å². The van der Waals surface area contributed by atoms with Gasteiger partial charge in [0.15, 0.2) is 12.4 Å². The number of rotatable bonds is 5. The summed E-state index contributed by atoms with van der Waals surface area (Å²) in [5.41, 5.74) is -0.837. The number of benzene rings is 2. The number of hydrogen-bond acceptors (Lipinski definition) is 4. The van der Waals surface area contributed by atoms with Crippen LogP contribution in [0.2, 0.25) is 10.0 Å². The maximum Gasteiger partial charge on any atom is 0.416 e. The molecule has 11 heteroatoms. The molecule has 6 nitrogen and oxygen atoms in total. The second kappa shape index (κ2) is 8.07. The Kier molecular flexibility index (Phi) is 5.76. The Morgan fingerprint density at radius 3 is 2.50 bits per heavy atom. The van der Waals surface area contributed by atoms with Gasteiger partial charge in [-0.15, -0.1) is 0 Å². The average Bonchev–Trinajstić information content (AvgIpc) is 3.15. The Hall–Kier alpha value is -2.78. The molecule has 0 saturated heterocycles. The highest BCUT2D eigenvalue weighted by Crippen LogP contribution is 2.34. The summed E-state index contributed by atoms with van der Waals surface area (Å²) in [6.07, 6.45) is -2.08. The molecule has 1 N–H and O–H groups in total. The maximum absolute atomic E-state index is 13.0. The molecule has 0 saturated carbocycles. The summed E-state index contributed by atoms with van der Waals surface area (Å²) in [5, 5.41) is 6.65. The molecule has 0 aliphatic carbocycles. The van der Waals surface area contributed by atoms with Crippen LogP contribution < -0.4 is 10.1 Å². The van der Waals surface area contributed by atoms with Gasteiger partial charge < -0.3 is 10.1 Å². The van der Waals surface area contributed by atoms with Crippen LogP contribution in [-0.2, 0) is 11.0 Å². The Morgan fingerprint density at radius 2 is 1.89 bits per heavy atom. The summed E-state index contributed by atoms with van der Waals surface area (Å²) in [6, 6.07) is 7.51. The zero-order chi connectivity index (χ0) is 20.3. The number of nitrogens with one attached hydrogen (secondary N) is 1. The first-order valence-electron chi connectivity index (χ1n) is 7.68. The van der Waals surface area contributed by atoms with Crippen LogP contribution in [0.15, 0.2) is 49.1 Å². The second-order valence-electron chi connectivity index (χ2n) is 5.46. The predicted octanol–water partition coefficient (Wildman–Crippen LogP) is 4.61. The Labute approximate surface area is 166 Å². The van der Waals surface area contributed by atoms with Crippen LogP contribution in [0.1, 0.15) is 5.56 Å². The van der Waals surface area contributed by atoms with E-state index in [-0.39, 0.29) is 27.2 Å². The van der Waals surface area contributed by atoms with Crippen LogP contribution >= 0.6 is 23.2 Å². The Bertz CT molecular complexity index is 974. The first-order chi connectivity index (χ1) is 13.3. The van der Waals surface area contributed by atoms with E-state index in [0.29, 0.717) is 0 Å². The van der Waals surface area contributed by atoms with Gasteiger partial charge in [-0.1, -0.05) is 29.3 Å². The largest absolute Gasteiger partial charge is 0.481 e. The summed E-state index contributed by atoms with van der Waals surface area (Å²) < 4.78 is 45.6. The molecule has 2 aromatic carbocycles. The van der Waals surface area contributed by atoms with Crippen LogP contribution in [0.25, 0.3) is 5.69 Å². The van der Waals surface area contributed by atoms with Gasteiger partial charge in [0.05, 0.1) is 27.0 Å². The molecular formula is C17H11Cl2F3N4O2. The quantitative estimate of drug-likeness (QED) is 0.641. The zero-order valence-corrected chi connectivity index (χ0v) is 15.4. The number of alkyl halides is 3. The molecule has 0 aliphatic heterocycles. The number of aromatic nitrogens is 3. The molecule has 1 amide bonds. The smallest absolute Gasteiger partial charge is 0.416 e. The van der Waals surface area contributed by atoms with Gasteiger partial charge in [0.1, 0.15) is 12.7 Å². The van der Waals surface area contributed by atoms with Crippen molar-refractivity contribution in [2.75, 3.05) is 11.9 Å². The number of carbonyl (C=O) groups excluding carboxylic acids is 1. The molecule has 146 valence electrons. The predicted molar refractivity (Wildman–Crippen MR) is 96.9 cm³/mol. The summed E-state index contributed by atoms with van der Waals surface area (Å²) in [6.45, 7) is -0.517. The van der Waals surface area contributed by atoms with Crippen LogP contribution in [-0.4, -0.2) is 27.3 Å². The van der Waals surface area contributed by atoms with E-state index in [2.05, 4.69) is 15.4 Å². The molecule has 0 fully saturated rings. The lowest BCUT2D eigenvalue weighted by molar-refractivity contribution is -0.137. The van der Waals surface area contributed by atoms with Crippen LogP contribution in [0, 0.1) is 0 Å². The van der Waals surface area contributed by atoms with E-state index < -0.39 is 24.3 Å². The van der Waals surface area contributed by atoms with Gasteiger partial charge in [0.25, 0.3) is 5.91 Å². The fourth-order valence-electron chi connectivity index (χ4n) is 2.29. The number of carbonyl (C=O) groups is 1. The number of ether oxygens (including phenoxy) is 1. The van der Waals surface area contributed by atoms with Gasteiger partial charge in [0, 0.05) is 0 Å². The highest BCUT2D eigenvalue weighted by atomic mass is 35.5. The topological polar surface area (TPSA) is 69.0 Å². The van der Waals surface area contributed by atoms with Crippen molar-refractivity contribution in [3.8, 4) is 11.4 Å². The van der Waals surface area contributed by atoms with Gasteiger partial charge in [-0.2, -0.15) is 18.3 Å². The summed E-state index contributed by atoms with van der Waals surface area (Å²) in [7, 11) is 0. The number of halogens is 5. The van der Waals surface area contributed by atoms with E-state index in [1.165, 1.54) is 35.5 Å². The van der Waals surface area contributed by atoms with Gasteiger partial charge >= 0.3 is 6.18 Å². The zero-order valence-electron chi connectivity index (χ0n) is 13.9. The normalized spacial score (nSPS) is 11.3. The SMILES string of the molecule is O=C(COc1c(Cl)cccc1Cl)Nc1cc(C(F)(F)F)ccc1-n1cncn1. The van der Waals surface area contributed by atoms with Crippen molar-refractivity contribution in [1.82, 2.24) is 14.8 Å². The van der Waals surface area contributed by atoms with Crippen molar-refractivity contribution in [2.24, 2.45) is 0 Å². The molecule has 0 atom stereocenters. The first kappa shape index (κ1) is 20.0. The molecule has 3 aromatic rings. The standard InChI is InChI=1S/C17H11Cl2F3N4O2/c18-11-2-1-3-12(19)16(11)28-7-15(27)25-13-6-10(17(20,21)22)4-5-14(13)26-9-23-8-24-26/h1-6,8-9H,7H2,(H,25,27). The monoisotopic (exact) mass is 430 g/mol. The minimum Gasteiger partial charge on any atom is -0.481 e. The highest BCUT2D eigenvalue weighted by molar-refractivity contribution is 6.37. The average molecular weight is 431 g/mol. The Balaban J connectivity index is 1.82. The maximum atomic E-state index is 13.0. The van der Waals surface area contributed by atoms with Gasteiger partial charge in [-0.3, -0.25) is 4.79 Å². The van der Waals surface area contributed by atoms with Crippen molar-refractivity contribution >= 4 is 34.8 Å². The highest BCUT2D eigenvalue weighted by Gasteiger charge is 2.31. The van der Waals surface area contributed by atoms with Crippen molar-refractivity contribution < 1.29 is 22.7 Å². The van der Waals surface area contributed by atoms with E-state index in [4.69, 9.17) is 27.9 Å². The van der Waals surface area contributed by atoms with E-state index >= 15 is 0 Å². The van der Waals surface area contributed by atoms with Crippen LogP contribution in [0.3, 0.4) is 0 Å². The van der Waals surface area contributed by atoms with Gasteiger partial charge in [0.2, 0.25) is 0 Å². The molecule has 0 radical (unpaired) electrons.